The highest BCUT2D eigenvalue weighted by molar-refractivity contribution is 5.85. The van der Waals surface area contributed by atoms with Crippen molar-refractivity contribution in [2.75, 3.05) is 19.8 Å². The van der Waals surface area contributed by atoms with Gasteiger partial charge in [0, 0.05) is 12.6 Å². The summed E-state index contributed by atoms with van der Waals surface area (Å²) in [5.74, 6) is 1.47. The zero-order valence-electron chi connectivity index (χ0n) is 14.4. The summed E-state index contributed by atoms with van der Waals surface area (Å²) in [6.07, 6.45) is 2.62. The molecule has 0 bridgehead atoms. The maximum Gasteiger partial charge on any atom is 0.137 e. The molecular formula is C16H26Cl2N4O3. The lowest BCUT2D eigenvalue weighted by Gasteiger charge is -2.15. The first kappa shape index (κ1) is 23.5. The molecular weight excluding hydrogens is 367 g/mol. The highest BCUT2D eigenvalue weighted by Crippen LogP contribution is 2.17. The highest BCUT2D eigenvalue weighted by atomic mass is 35.5. The molecule has 25 heavy (non-hydrogen) atoms. The number of aromatic nitrogens is 3. The smallest absolute Gasteiger partial charge is 0.137 e. The second kappa shape index (κ2) is 12.8. The molecule has 1 heterocycles. The van der Waals surface area contributed by atoms with Crippen LogP contribution in [0, 0.1) is 0 Å². The number of nitrogens with zero attached hydrogens (tertiary/aromatic N) is 3. The average Bonchev–Trinajstić information content (AvgIpc) is 3.05. The van der Waals surface area contributed by atoms with Crippen LogP contribution in [0.5, 0.6) is 11.5 Å². The van der Waals surface area contributed by atoms with Crippen molar-refractivity contribution >= 4 is 24.8 Å². The minimum absolute atomic E-state index is 0. The monoisotopic (exact) mass is 392 g/mol. The number of rotatable bonds is 10. The molecule has 1 aromatic carbocycles. The summed E-state index contributed by atoms with van der Waals surface area (Å²) in [5.41, 5.74) is 0. The Hall–Kier alpha value is -1.54. The van der Waals surface area contributed by atoms with Crippen LogP contribution < -0.4 is 14.8 Å². The van der Waals surface area contributed by atoms with E-state index in [1.54, 1.807) is 11.0 Å². The molecule has 7 nitrogen and oxygen atoms in total. The predicted molar refractivity (Wildman–Crippen MR) is 101 cm³/mol. The van der Waals surface area contributed by atoms with E-state index < -0.39 is 6.10 Å². The SMILES string of the molecule is CC(C)NCC(O)COc1ccc(OCCn2cncn2)cc1.Cl.Cl. The van der Waals surface area contributed by atoms with Crippen molar-refractivity contribution in [1.29, 1.82) is 0 Å². The molecule has 0 spiro atoms. The van der Waals surface area contributed by atoms with Crippen molar-refractivity contribution in [2.45, 2.75) is 32.5 Å². The van der Waals surface area contributed by atoms with Gasteiger partial charge in [-0.25, -0.2) is 9.67 Å². The topological polar surface area (TPSA) is 81.4 Å². The van der Waals surface area contributed by atoms with Crippen LogP contribution in [0.1, 0.15) is 13.8 Å². The van der Waals surface area contributed by atoms with E-state index in [4.69, 9.17) is 9.47 Å². The van der Waals surface area contributed by atoms with Crippen molar-refractivity contribution in [3.8, 4) is 11.5 Å². The summed E-state index contributed by atoms with van der Waals surface area (Å²) in [5, 5.41) is 17.0. The molecule has 142 valence electrons. The molecule has 2 N–H and O–H groups in total. The van der Waals surface area contributed by atoms with E-state index in [0.29, 0.717) is 31.5 Å². The normalized spacial score (nSPS) is 11.4. The minimum Gasteiger partial charge on any atom is -0.492 e. The molecule has 1 unspecified atom stereocenters. The minimum atomic E-state index is -0.531. The Morgan fingerprint density at radius 3 is 2.32 bits per heavy atom. The van der Waals surface area contributed by atoms with E-state index in [0.717, 1.165) is 5.75 Å². The molecule has 2 rings (SSSR count). The van der Waals surface area contributed by atoms with Gasteiger partial charge in [0.05, 0.1) is 6.54 Å². The van der Waals surface area contributed by atoms with Crippen LogP contribution in [-0.2, 0) is 6.54 Å². The zero-order valence-corrected chi connectivity index (χ0v) is 16.0. The second-order valence-electron chi connectivity index (χ2n) is 5.51. The summed E-state index contributed by atoms with van der Waals surface area (Å²) >= 11 is 0. The number of hydrogen-bond donors (Lipinski definition) is 2. The molecule has 0 aliphatic heterocycles. The molecule has 0 fully saturated rings. The highest BCUT2D eigenvalue weighted by Gasteiger charge is 2.06. The van der Waals surface area contributed by atoms with Gasteiger partial charge in [-0.3, -0.25) is 0 Å². The van der Waals surface area contributed by atoms with Gasteiger partial charge in [-0.2, -0.15) is 5.10 Å². The summed E-state index contributed by atoms with van der Waals surface area (Å²) in [7, 11) is 0. The van der Waals surface area contributed by atoms with Gasteiger partial charge in [-0.15, -0.1) is 24.8 Å². The first-order chi connectivity index (χ1) is 11.1. The van der Waals surface area contributed by atoms with Gasteiger partial charge >= 0.3 is 0 Å². The van der Waals surface area contributed by atoms with E-state index >= 15 is 0 Å². The summed E-state index contributed by atoms with van der Waals surface area (Å²) < 4.78 is 12.9. The Morgan fingerprint density at radius 1 is 1.12 bits per heavy atom. The van der Waals surface area contributed by atoms with Crippen LogP contribution in [0.25, 0.3) is 0 Å². The number of ether oxygens (including phenoxy) is 2. The quantitative estimate of drug-likeness (QED) is 0.642. The van der Waals surface area contributed by atoms with Gasteiger partial charge in [0.2, 0.25) is 0 Å². The van der Waals surface area contributed by atoms with Gasteiger partial charge in [0.25, 0.3) is 0 Å². The molecule has 0 saturated carbocycles. The lowest BCUT2D eigenvalue weighted by atomic mass is 10.3. The largest absolute Gasteiger partial charge is 0.492 e. The number of nitrogens with one attached hydrogen (secondary N) is 1. The van der Waals surface area contributed by atoms with Crippen LogP contribution in [0.15, 0.2) is 36.9 Å². The fourth-order valence-electron chi connectivity index (χ4n) is 1.86. The number of hydrogen-bond acceptors (Lipinski definition) is 6. The number of aliphatic hydroxyl groups excluding tert-OH is 1. The fraction of sp³-hybridized carbons (Fsp3) is 0.500. The van der Waals surface area contributed by atoms with E-state index in [1.165, 1.54) is 6.33 Å². The van der Waals surface area contributed by atoms with Crippen LogP contribution in [0.3, 0.4) is 0 Å². The molecule has 9 heteroatoms. The lowest BCUT2D eigenvalue weighted by Crippen LogP contribution is -2.35. The third-order valence-electron chi connectivity index (χ3n) is 3.08. The third kappa shape index (κ3) is 9.50. The van der Waals surface area contributed by atoms with Gasteiger partial charge in [0.1, 0.15) is 43.5 Å². The van der Waals surface area contributed by atoms with Crippen LogP contribution in [0.4, 0.5) is 0 Å². The lowest BCUT2D eigenvalue weighted by molar-refractivity contribution is 0.104. The van der Waals surface area contributed by atoms with E-state index in [1.807, 2.05) is 38.1 Å². The summed E-state index contributed by atoms with van der Waals surface area (Å²) in [6, 6.07) is 7.68. The molecule has 0 saturated heterocycles. The van der Waals surface area contributed by atoms with Crippen molar-refractivity contribution in [3.05, 3.63) is 36.9 Å². The van der Waals surface area contributed by atoms with E-state index in [-0.39, 0.29) is 31.4 Å². The molecule has 1 atom stereocenters. The Bertz CT molecular complexity index is 553. The van der Waals surface area contributed by atoms with E-state index in [2.05, 4.69) is 15.4 Å². The molecule has 2 aromatic rings. The molecule has 0 radical (unpaired) electrons. The van der Waals surface area contributed by atoms with Crippen molar-refractivity contribution in [2.24, 2.45) is 0 Å². The number of aliphatic hydroxyl groups is 1. The Kier molecular flexibility index (Phi) is 12.0. The summed E-state index contributed by atoms with van der Waals surface area (Å²) in [6.45, 7) is 6.01. The van der Waals surface area contributed by atoms with Crippen LogP contribution in [0.2, 0.25) is 0 Å². The van der Waals surface area contributed by atoms with Crippen molar-refractivity contribution < 1.29 is 14.6 Å². The van der Waals surface area contributed by atoms with Gasteiger partial charge < -0.3 is 19.9 Å². The Balaban J connectivity index is 0.00000288. The van der Waals surface area contributed by atoms with Gasteiger partial charge in [0.15, 0.2) is 0 Å². The zero-order chi connectivity index (χ0) is 16.5. The van der Waals surface area contributed by atoms with Gasteiger partial charge in [-0.1, -0.05) is 13.8 Å². The van der Waals surface area contributed by atoms with Crippen LogP contribution >= 0.6 is 24.8 Å². The Morgan fingerprint density at radius 2 is 1.76 bits per heavy atom. The number of halogens is 2. The summed E-state index contributed by atoms with van der Waals surface area (Å²) in [4.78, 5) is 3.87. The van der Waals surface area contributed by atoms with Gasteiger partial charge in [-0.05, 0) is 24.3 Å². The first-order valence-electron chi connectivity index (χ1n) is 7.73. The first-order valence-corrected chi connectivity index (χ1v) is 7.73. The number of benzene rings is 1. The molecule has 0 aliphatic carbocycles. The maximum atomic E-state index is 9.80. The van der Waals surface area contributed by atoms with Crippen molar-refractivity contribution in [3.63, 3.8) is 0 Å². The third-order valence-corrected chi connectivity index (χ3v) is 3.08. The van der Waals surface area contributed by atoms with E-state index in [9.17, 15) is 5.11 Å². The fourth-order valence-corrected chi connectivity index (χ4v) is 1.86. The Labute approximate surface area is 160 Å². The maximum absolute atomic E-state index is 9.80. The predicted octanol–water partition coefficient (Wildman–Crippen LogP) is 1.94. The molecule has 0 amide bonds. The second-order valence-corrected chi connectivity index (χ2v) is 5.51. The van der Waals surface area contributed by atoms with Crippen molar-refractivity contribution in [1.82, 2.24) is 20.1 Å². The van der Waals surface area contributed by atoms with Crippen LogP contribution in [-0.4, -0.2) is 51.8 Å². The standard InChI is InChI=1S/C16H24N4O3.2ClH/c1-13(2)18-9-14(21)10-23-16-5-3-15(4-6-16)22-8-7-20-12-17-11-19-20;;/h3-6,11-14,18,21H,7-10H2,1-2H3;2*1H. The molecule has 0 aliphatic rings. The molecule has 1 aromatic heterocycles. The average molecular weight is 393 g/mol.